The molecule has 0 bridgehead atoms. The Morgan fingerprint density at radius 3 is 2.68 bits per heavy atom. The number of carbonyl (C=O) groups excluding carboxylic acids is 2. The first-order valence-corrected chi connectivity index (χ1v) is 10.4. The Morgan fingerprint density at radius 1 is 1.14 bits per heavy atom. The van der Waals surface area contributed by atoms with Gasteiger partial charge in [-0.3, -0.25) is 9.59 Å². The fourth-order valence-electron chi connectivity index (χ4n) is 3.01. The van der Waals surface area contributed by atoms with E-state index in [1.54, 1.807) is 18.8 Å². The van der Waals surface area contributed by atoms with E-state index < -0.39 is 6.10 Å². The summed E-state index contributed by atoms with van der Waals surface area (Å²) in [5.74, 6) is 2.14. The molecule has 1 aliphatic rings. The van der Waals surface area contributed by atoms with E-state index in [1.807, 2.05) is 47.4 Å². The lowest BCUT2D eigenvalue weighted by Gasteiger charge is -2.34. The number of ether oxygens (including phenoxy) is 1. The maximum absolute atomic E-state index is 12.4. The Balaban J connectivity index is 1.48. The van der Waals surface area contributed by atoms with Gasteiger partial charge in [0.15, 0.2) is 6.10 Å². The minimum Gasteiger partial charge on any atom is -0.477 e. The molecule has 28 heavy (non-hydrogen) atoms. The molecular weight excluding hydrogens is 374 g/mol. The van der Waals surface area contributed by atoms with Crippen molar-refractivity contribution in [1.29, 1.82) is 0 Å². The number of thioether (sulfide) groups is 1. The Bertz CT molecular complexity index is 800. The van der Waals surface area contributed by atoms with Gasteiger partial charge in [-0.1, -0.05) is 42.5 Å². The highest BCUT2D eigenvalue weighted by Gasteiger charge is 2.30. The van der Waals surface area contributed by atoms with Gasteiger partial charge in [-0.2, -0.15) is 11.8 Å². The van der Waals surface area contributed by atoms with Crippen LogP contribution in [-0.4, -0.2) is 50.4 Å². The number of hydrogen-bond acceptors (Lipinski definition) is 5. The number of amides is 2. The molecule has 2 aromatic rings. The van der Waals surface area contributed by atoms with E-state index >= 15 is 0 Å². The SMILES string of the molecule is CNC(=O)[C@@H]1CN(CC(=O)NCCSCc2ccccc2)c2ccccc2O1. The first-order valence-electron chi connectivity index (χ1n) is 9.28. The van der Waals surface area contributed by atoms with Crippen LogP contribution in [0.1, 0.15) is 5.56 Å². The molecule has 0 unspecified atom stereocenters. The number of benzene rings is 2. The lowest BCUT2D eigenvalue weighted by Crippen LogP contribution is -2.50. The van der Waals surface area contributed by atoms with Gasteiger partial charge in [0.05, 0.1) is 18.8 Å². The summed E-state index contributed by atoms with van der Waals surface area (Å²) in [4.78, 5) is 26.3. The smallest absolute Gasteiger partial charge is 0.262 e. The molecule has 3 rings (SSSR count). The van der Waals surface area contributed by atoms with Crippen molar-refractivity contribution < 1.29 is 14.3 Å². The average Bonchev–Trinajstić information content (AvgIpc) is 2.73. The molecule has 2 amide bonds. The van der Waals surface area contributed by atoms with E-state index in [2.05, 4.69) is 22.8 Å². The second-order valence-corrected chi connectivity index (χ2v) is 7.56. The van der Waals surface area contributed by atoms with Crippen molar-refractivity contribution in [3.63, 3.8) is 0 Å². The fraction of sp³-hybridized carbons (Fsp3) is 0.333. The van der Waals surface area contributed by atoms with Crippen LogP contribution < -0.4 is 20.3 Å². The maximum Gasteiger partial charge on any atom is 0.262 e. The third-order valence-electron chi connectivity index (χ3n) is 4.41. The van der Waals surface area contributed by atoms with Crippen LogP contribution in [0.5, 0.6) is 5.75 Å². The van der Waals surface area contributed by atoms with Crippen molar-refractivity contribution in [3.8, 4) is 5.75 Å². The summed E-state index contributed by atoms with van der Waals surface area (Å²) in [5, 5.41) is 5.57. The molecule has 0 saturated heterocycles. The van der Waals surface area contributed by atoms with E-state index in [0.29, 0.717) is 18.8 Å². The van der Waals surface area contributed by atoms with Crippen LogP contribution in [-0.2, 0) is 15.3 Å². The summed E-state index contributed by atoms with van der Waals surface area (Å²) >= 11 is 1.79. The number of fused-ring (bicyclic) bond motifs is 1. The summed E-state index contributed by atoms with van der Waals surface area (Å²) in [6, 6.07) is 17.7. The number of carbonyl (C=O) groups is 2. The predicted octanol–water partition coefficient (Wildman–Crippen LogP) is 2.05. The third kappa shape index (κ3) is 5.42. The van der Waals surface area contributed by atoms with E-state index in [4.69, 9.17) is 4.74 Å². The number of hydrogen-bond donors (Lipinski definition) is 2. The number of nitrogens with zero attached hydrogens (tertiary/aromatic N) is 1. The molecular formula is C21H25N3O3S. The van der Waals surface area contributed by atoms with Crippen molar-refractivity contribution in [3.05, 3.63) is 60.2 Å². The molecule has 1 heterocycles. The van der Waals surface area contributed by atoms with Crippen LogP contribution >= 0.6 is 11.8 Å². The van der Waals surface area contributed by atoms with Crippen LogP contribution in [0, 0.1) is 0 Å². The topological polar surface area (TPSA) is 70.7 Å². The average molecular weight is 400 g/mol. The van der Waals surface area contributed by atoms with Gasteiger partial charge in [-0.05, 0) is 17.7 Å². The molecule has 0 saturated carbocycles. The number of para-hydroxylation sites is 2. The predicted molar refractivity (Wildman–Crippen MR) is 113 cm³/mol. The molecule has 0 aliphatic carbocycles. The van der Waals surface area contributed by atoms with E-state index in [-0.39, 0.29) is 18.4 Å². The van der Waals surface area contributed by atoms with E-state index in [1.165, 1.54) is 5.56 Å². The number of nitrogens with one attached hydrogen (secondary N) is 2. The largest absolute Gasteiger partial charge is 0.477 e. The molecule has 0 spiro atoms. The zero-order chi connectivity index (χ0) is 19.8. The molecule has 148 valence electrons. The Kier molecular flexibility index (Phi) is 7.19. The highest BCUT2D eigenvalue weighted by Crippen LogP contribution is 2.32. The zero-order valence-corrected chi connectivity index (χ0v) is 16.7. The van der Waals surface area contributed by atoms with E-state index in [9.17, 15) is 9.59 Å². The van der Waals surface area contributed by atoms with Crippen LogP contribution in [0.2, 0.25) is 0 Å². The van der Waals surface area contributed by atoms with Crippen molar-refractivity contribution in [2.24, 2.45) is 0 Å². The minimum atomic E-state index is -0.630. The second-order valence-electron chi connectivity index (χ2n) is 6.46. The molecule has 2 N–H and O–H groups in total. The normalized spacial score (nSPS) is 15.3. The molecule has 0 radical (unpaired) electrons. The van der Waals surface area contributed by atoms with Gasteiger partial charge in [0.25, 0.3) is 5.91 Å². The summed E-state index contributed by atoms with van der Waals surface area (Å²) in [7, 11) is 1.58. The first-order chi connectivity index (χ1) is 13.7. The molecule has 1 aliphatic heterocycles. The fourth-order valence-corrected chi connectivity index (χ4v) is 3.83. The zero-order valence-electron chi connectivity index (χ0n) is 15.9. The molecule has 6 nitrogen and oxygen atoms in total. The molecule has 0 aromatic heterocycles. The quantitative estimate of drug-likeness (QED) is 0.665. The van der Waals surface area contributed by atoms with Crippen LogP contribution in [0.4, 0.5) is 5.69 Å². The van der Waals surface area contributed by atoms with Crippen molar-refractivity contribution in [1.82, 2.24) is 10.6 Å². The van der Waals surface area contributed by atoms with Gasteiger partial charge in [0.1, 0.15) is 5.75 Å². The number of rotatable bonds is 8. The van der Waals surface area contributed by atoms with Crippen molar-refractivity contribution >= 4 is 29.3 Å². The summed E-state index contributed by atoms with van der Waals surface area (Å²) in [5.41, 5.74) is 2.11. The van der Waals surface area contributed by atoms with Gasteiger partial charge in [-0.25, -0.2) is 0 Å². The maximum atomic E-state index is 12.4. The number of anilines is 1. The second kappa shape index (κ2) is 10.0. The monoisotopic (exact) mass is 399 g/mol. The third-order valence-corrected chi connectivity index (χ3v) is 5.45. The van der Waals surface area contributed by atoms with Gasteiger partial charge < -0.3 is 20.3 Å². The van der Waals surface area contributed by atoms with Crippen LogP contribution in [0.15, 0.2) is 54.6 Å². The van der Waals surface area contributed by atoms with Crippen molar-refractivity contribution in [2.75, 3.05) is 37.3 Å². The van der Waals surface area contributed by atoms with Crippen LogP contribution in [0.25, 0.3) is 0 Å². The van der Waals surface area contributed by atoms with Crippen molar-refractivity contribution in [2.45, 2.75) is 11.9 Å². The van der Waals surface area contributed by atoms with Gasteiger partial charge >= 0.3 is 0 Å². The minimum absolute atomic E-state index is 0.0623. The highest BCUT2D eigenvalue weighted by atomic mass is 32.2. The molecule has 7 heteroatoms. The summed E-state index contributed by atoms with van der Waals surface area (Å²) in [6.45, 7) is 1.14. The lowest BCUT2D eigenvalue weighted by molar-refractivity contribution is -0.127. The summed E-state index contributed by atoms with van der Waals surface area (Å²) in [6.07, 6.45) is -0.630. The molecule has 0 fully saturated rings. The van der Waals surface area contributed by atoms with Gasteiger partial charge in [0.2, 0.25) is 5.91 Å². The van der Waals surface area contributed by atoms with Gasteiger partial charge in [0, 0.05) is 25.1 Å². The molecule has 1 atom stereocenters. The Labute approximate surface area is 169 Å². The first kappa shape index (κ1) is 20.1. The van der Waals surface area contributed by atoms with Gasteiger partial charge in [-0.15, -0.1) is 0 Å². The standard InChI is InChI=1S/C21H25N3O3S/c1-22-21(26)19-13-24(17-9-5-6-10-18(17)27-19)14-20(25)23-11-12-28-15-16-7-3-2-4-8-16/h2-10,19H,11-15H2,1H3,(H,22,26)(H,23,25)/t19-/m0/s1. The molecule has 2 aromatic carbocycles. The highest BCUT2D eigenvalue weighted by molar-refractivity contribution is 7.98. The Morgan fingerprint density at radius 2 is 1.89 bits per heavy atom. The lowest BCUT2D eigenvalue weighted by atomic mass is 10.1. The Hall–Kier alpha value is -2.67. The summed E-state index contributed by atoms with van der Waals surface area (Å²) < 4.78 is 5.76. The van der Waals surface area contributed by atoms with Crippen LogP contribution in [0.3, 0.4) is 0 Å². The number of likely N-dealkylation sites (N-methyl/N-ethyl adjacent to an activating group) is 1. The van der Waals surface area contributed by atoms with E-state index in [0.717, 1.165) is 17.2 Å².